The number of carbonyl (C=O) groups excluding carboxylic acids is 2. The molecule has 154 valence electrons. The van der Waals surface area contributed by atoms with Crippen molar-refractivity contribution in [2.45, 2.75) is 29.6 Å². The van der Waals surface area contributed by atoms with E-state index in [9.17, 15) is 18.0 Å². The van der Waals surface area contributed by atoms with Crippen molar-refractivity contribution in [3.05, 3.63) is 54.1 Å². The van der Waals surface area contributed by atoms with Gasteiger partial charge in [0.25, 0.3) is 0 Å². The summed E-state index contributed by atoms with van der Waals surface area (Å²) in [5, 5.41) is 5.55. The minimum absolute atomic E-state index is 0.105. The molecule has 6 nitrogen and oxygen atoms in total. The van der Waals surface area contributed by atoms with Gasteiger partial charge in [0.15, 0.2) is 9.84 Å². The number of hydrogen-bond donors (Lipinski definition) is 2. The lowest BCUT2D eigenvalue weighted by atomic mass is 10.1. The van der Waals surface area contributed by atoms with Crippen LogP contribution in [0.3, 0.4) is 0 Å². The molecule has 1 atom stereocenters. The van der Waals surface area contributed by atoms with Gasteiger partial charge in [0, 0.05) is 29.5 Å². The number of fused-ring (bicyclic) bond motifs is 1. The molecule has 0 aliphatic carbocycles. The molecule has 2 aromatic carbocycles. The van der Waals surface area contributed by atoms with Crippen LogP contribution in [-0.2, 0) is 25.8 Å². The van der Waals surface area contributed by atoms with Crippen LogP contribution in [0.15, 0.2) is 58.3 Å². The van der Waals surface area contributed by atoms with Gasteiger partial charge in [-0.15, -0.1) is 11.8 Å². The fourth-order valence-electron chi connectivity index (χ4n) is 2.90. The van der Waals surface area contributed by atoms with E-state index in [1.54, 1.807) is 6.07 Å². The minimum atomic E-state index is -3.63. The van der Waals surface area contributed by atoms with E-state index in [4.69, 9.17) is 0 Å². The Morgan fingerprint density at radius 3 is 2.72 bits per heavy atom. The molecule has 0 fully saturated rings. The number of carbonyl (C=O) groups is 2. The summed E-state index contributed by atoms with van der Waals surface area (Å²) < 4.78 is 25.3. The summed E-state index contributed by atoms with van der Waals surface area (Å²) in [6, 6.07) is 14.5. The second-order valence-electron chi connectivity index (χ2n) is 7.01. The van der Waals surface area contributed by atoms with Crippen LogP contribution in [0.4, 0.5) is 5.69 Å². The van der Waals surface area contributed by atoms with Crippen molar-refractivity contribution >= 4 is 39.1 Å². The second-order valence-corrected chi connectivity index (χ2v) is 10.2. The molecule has 29 heavy (non-hydrogen) atoms. The Hall–Kier alpha value is -2.32. The summed E-state index contributed by atoms with van der Waals surface area (Å²) in [5.74, 6) is -0.193. The predicted octanol–water partition coefficient (Wildman–Crippen LogP) is 2.89. The van der Waals surface area contributed by atoms with Gasteiger partial charge >= 0.3 is 0 Å². The third-order valence-corrected chi connectivity index (χ3v) is 7.73. The van der Waals surface area contributed by atoms with Gasteiger partial charge in [-0.2, -0.15) is 0 Å². The first-order valence-corrected chi connectivity index (χ1v) is 12.1. The lowest BCUT2D eigenvalue weighted by Gasteiger charge is -2.10. The summed E-state index contributed by atoms with van der Waals surface area (Å²) in [6.45, 7) is 2.30. The number of benzene rings is 2. The highest BCUT2D eigenvalue weighted by Gasteiger charge is 2.23. The monoisotopic (exact) mass is 432 g/mol. The van der Waals surface area contributed by atoms with Crippen LogP contribution in [0.1, 0.15) is 18.9 Å². The topological polar surface area (TPSA) is 92.3 Å². The van der Waals surface area contributed by atoms with E-state index in [1.807, 2.05) is 37.3 Å². The van der Waals surface area contributed by atoms with E-state index in [2.05, 4.69) is 10.6 Å². The third kappa shape index (κ3) is 5.83. The number of amides is 2. The Kier molecular flexibility index (Phi) is 6.97. The van der Waals surface area contributed by atoms with E-state index in [0.717, 1.165) is 10.5 Å². The normalized spacial score (nSPS) is 16.4. The molecule has 0 spiro atoms. The van der Waals surface area contributed by atoms with Crippen LogP contribution < -0.4 is 10.6 Å². The molecular weight excluding hydrogens is 408 g/mol. The molecule has 8 heteroatoms. The molecule has 0 saturated heterocycles. The van der Waals surface area contributed by atoms with Crippen molar-refractivity contribution in [2.24, 2.45) is 5.92 Å². The summed E-state index contributed by atoms with van der Waals surface area (Å²) >= 11 is 1.52. The highest BCUT2D eigenvalue weighted by Crippen LogP contribution is 2.34. The summed E-state index contributed by atoms with van der Waals surface area (Å²) in [6.07, 6.45) is 0.590. The molecule has 0 bridgehead atoms. The van der Waals surface area contributed by atoms with Crippen molar-refractivity contribution in [2.75, 3.05) is 23.4 Å². The van der Waals surface area contributed by atoms with Gasteiger partial charge in [0.05, 0.1) is 16.3 Å². The maximum Gasteiger partial charge on any atom is 0.228 e. The smallest absolute Gasteiger partial charge is 0.228 e. The van der Waals surface area contributed by atoms with E-state index >= 15 is 0 Å². The fourth-order valence-corrected chi connectivity index (χ4v) is 5.17. The zero-order valence-electron chi connectivity index (χ0n) is 16.2. The average molecular weight is 433 g/mol. The van der Waals surface area contributed by atoms with Crippen molar-refractivity contribution in [1.29, 1.82) is 0 Å². The Labute approximate surface area is 175 Å². The molecule has 0 saturated carbocycles. The maximum atomic E-state index is 12.6. The minimum Gasteiger partial charge on any atom is -0.356 e. The Bertz CT molecular complexity index is 991. The summed E-state index contributed by atoms with van der Waals surface area (Å²) in [5.41, 5.74) is 1.62. The number of anilines is 1. The van der Waals surface area contributed by atoms with Gasteiger partial charge in [-0.3, -0.25) is 9.59 Å². The Morgan fingerprint density at radius 1 is 1.21 bits per heavy atom. The fraction of sp³-hybridized carbons (Fsp3) is 0.333. The Morgan fingerprint density at radius 2 is 1.97 bits per heavy atom. The van der Waals surface area contributed by atoms with Crippen LogP contribution in [-0.4, -0.2) is 38.3 Å². The van der Waals surface area contributed by atoms with Gasteiger partial charge in [-0.25, -0.2) is 8.42 Å². The molecule has 3 rings (SSSR count). The molecule has 1 heterocycles. The highest BCUT2D eigenvalue weighted by molar-refractivity contribution is 7.99. The van der Waals surface area contributed by atoms with E-state index in [1.165, 1.54) is 23.9 Å². The van der Waals surface area contributed by atoms with Gasteiger partial charge in [-0.1, -0.05) is 37.3 Å². The van der Waals surface area contributed by atoms with Gasteiger partial charge in [0.2, 0.25) is 11.8 Å². The predicted molar refractivity (Wildman–Crippen MR) is 115 cm³/mol. The summed E-state index contributed by atoms with van der Waals surface area (Å²) in [7, 11) is -3.63. The quantitative estimate of drug-likeness (QED) is 0.702. The average Bonchev–Trinajstić information content (AvgIpc) is 2.85. The molecule has 1 aliphatic rings. The van der Waals surface area contributed by atoms with Crippen molar-refractivity contribution in [1.82, 2.24) is 5.32 Å². The zero-order chi connectivity index (χ0) is 20.9. The van der Waals surface area contributed by atoms with E-state index < -0.39 is 9.84 Å². The molecule has 2 N–H and O–H groups in total. The number of thioether (sulfide) groups is 1. The SMILES string of the molecule is C[C@H]1CSc2ccc(S(=O)(=O)CCC(=O)NCCc3ccccc3)cc2NC1=O. The van der Waals surface area contributed by atoms with E-state index in [0.29, 0.717) is 24.4 Å². The molecule has 2 aromatic rings. The molecule has 1 aliphatic heterocycles. The maximum absolute atomic E-state index is 12.6. The van der Waals surface area contributed by atoms with Gasteiger partial charge in [0.1, 0.15) is 0 Å². The molecule has 0 aromatic heterocycles. The van der Waals surface area contributed by atoms with Crippen molar-refractivity contribution in [3.63, 3.8) is 0 Å². The molecule has 2 amide bonds. The first-order valence-electron chi connectivity index (χ1n) is 9.46. The van der Waals surface area contributed by atoms with Gasteiger partial charge in [-0.05, 0) is 30.2 Å². The lowest BCUT2D eigenvalue weighted by Crippen LogP contribution is -2.27. The van der Waals surface area contributed by atoms with Crippen LogP contribution in [0, 0.1) is 5.92 Å². The first-order chi connectivity index (χ1) is 13.8. The first kappa shape index (κ1) is 21.4. The number of nitrogens with one attached hydrogen (secondary N) is 2. The highest BCUT2D eigenvalue weighted by atomic mass is 32.2. The van der Waals surface area contributed by atoms with Crippen LogP contribution in [0.5, 0.6) is 0 Å². The molecule has 0 radical (unpaired) electrons. The van der Waals surface area contributed by atoms with E-state index in [-0.39, 0.29) is 34.8 Å². The third-order valence-electron chi connectivity index (χ3n) is 4.68. The number of hydrogen-bond acceptors (Lipinski definition) is 5. The number of sulfone groups is 1. The van der Waals surface area contributed by atoms with Gasteiger partial charge < -0.3 is 10.6 Å². The molecular formula is C21H24N2O4S2. The van der Waals surface area contributed by atoms with Crippen LogP contribution >= 0.6 is 11.8 Å². The molecule has 0 unspecified atom stereocenters. The zero-order valence-corrected chi connectivity index (χ0v) is 17.8. The number of rotatable bonds is 7. The summed E-state index contributed by atoms with van der Waals surface area (Å²) in [4.78, 5) is 25.0. The lowest BCUT2D eigenvalue weighted by molar-refractivity contribution is -0.120. The van der Waals surface area contributed by atoms with Crippen LogP contribution in [0.25, 0.3) is 0 Å². The van der Waals surface area contributed by atoms with Crippen molar-refractivity contribution < 1.29 is 18.0 Å². The van der Waals surface area contributed by atoms with Crippen LogP contribution in [0.2, 0.25) is 0 Å². The standard InChI is InChI=1S/C21H24N2O4S2/c1-15-14-28-19-8-7-17(13-18(19)23-21(15)25)29(26,27)12-10-20(24)22-11-9-16-5-3-2-4-6-16/h2-8,13,15H,9-12,14H2,1H3,(H,22,24)(H,23,25)/t15-/m0/s1. The largest absolute Gasteiger partial charge is 0.356 e. The Balaban J connectivity index is 1.56. The van der Waals surface area contributed by atoms with Crippen molar-refractivity contribution in [3.8, 4) is 0 Å². The second kappa shape index (κ2) is 9.45.